The molecule has 3 aliphatic rings. The molecule has 5 rings (SSSR count). The van der Waals surface area contributed by atoms with Gasteiger partial charge in [-0.1, -0.05) is 45.0 Å². The molecule has 0 aliphatic heterocycles. The van der Waals surface area contributed by atoms with Crippen LogP contribution in [0.3, 0.4) is 0 Å². The highest BCUT2D eigenvalue weighted by molar-refractivity contribution is 6.24. The number of nitrogens with two attached hydrogens (primary N) is 1. The van der Waals surface area contributed by atoms with Crippen LogP contribution in [0, 0.1) is 11.8 Å². The molecule has 0 saturated heterocycles. The number of nitrogens with zero attached hydrogens (tertiary/aromatic N) is 2. The van der Waals surface area contributed by atoms with Gasteiger partial charge in [0.15, 0.2) is 11.4 Å². The molecule has 0 spiro atoms. The van der Waals surface area contributed by atoms with E-state index in [-0.39, 0.29) is 35.1 Å². The Bertz CT molecular complexity index is 1670. The number of aliphatic hydroxyl groups excluding tert-OH is 2. The van der Waals surface area contributed by atoms with Gasteiger partial charge in [0.05, 0.1) is 17.3 Å². The van der Waals surface area contributed by atoms with Crippen molar-refractivity contribution < 1.29 is 34.8 Å². The van der Waals surface area contributed by atoms with E-state index in [1.807, 2.05) is 31.1 Å². The van der Waals surface area contributed by atoms with Gasteiger partial charge in [-0.15, -0.1) is 0 Å². The summed E-state index contributed by atoms with van der Waals surface area (Å²) in [7, 11) is 6.81. The fourth-order valence-corrected chi connectivity index (χ4v) is 7.15. The molecule has 0 aromatic heterocycles. The van der Waals surface area contributed by atoms with E-state index in [2.05, 4.69) is 38.2 Å². The molecular weight excluding hydrogens is 576 g/mol. The van der Waals surface area contributed by atoms with Crippen molar-refractivity contribution in [3.63, 3.8) is 0 Å². The number of carbonyl (C=O) groups is 3. The number of rotatable bonds is 6. The molecule has 3 aliphatic carbocycles. The lowest BCUT2D eigenvalue weighted by molar-refractivity contribution is -0.153. The lowest BCUT2D eigenvalue weighted by Crippen LogP contribution is -2.65. The molecule has 1 amide bonds. The Balaban J connectivity index is 1.61. The summed E-state index contributed by atoms with van der Waals surface area (Å²) in [6.07, 6.45) is 0.244. The number of aliphatic hydroxyl groups is 3. The molecule has 2 aromatic carbocycles. The van der Waals surface area contributed by atoms with Gasteiger partial charge >= 0.3 is 0 Å². The molecule has 7 N–H and O–H groups in total. The largest absolute Gasteiger partial charge is 0.508 e. The number of phenolic OH excluding ortho intramolecular Hbond substituents is 1. The van der Waals surface area contributed by atoms with Gasteiger partial charge in [-0.2, -0.15) is 0 Å². The highest BCUT2D eigenvalue weighted by Crippen LogP contribution is 2.54. The molecule has 11 heteroatoms. The number of amides is 1. The van der Waals surface area contributed by atoms with Crippen LogP contribution < -0.4 is 16.0 Å². The molecule has 0 unspecified atom stereocenters. The van der Waals surface area contributed by atoms with Gasteiger partial charge in [0, 0.05) is 37.8 Å². The molecule has 45 heavy (non-hydrogen) atoms. The molecule has 0 heterocycles. The van der Waals surface area contributed by atoms with Crippen LogP contribution in [0.2, 0.25) is 0 Å². The minimum atomic E-state index is -2.68. The summed E-state index contributed by atoms with van der Waals surface area (Å²) in [6, 6.07) is 8.80. The fraction of sp³-hybridized carbons (Fsp3) is 0.441. The van der Waals surface area contributed by atoms with Crippen LogP contribution in [0.1, 0.15) is 49.4 Å². The summed E-state index contributed by atoms with van der Waals surface area (Å²) in [5.74, 6) is -6.76. The average molecular weight is 619 g/mol. The second kappa shape index (κ2) is 10.9. The van der Waals surface area contributed by atoms with Gasteiger partial charge < -0.3 is 36.4 Å². The molecule has 4 atom stereocenters. The van der Waals surface area contributed by atoms with Gasteiger partial charge in [0.2, 0.25) is 5.78 Å². The van der Waals surface area contributed by atoms with Gasteiger partial charge in [-0.05, 0) is 61.0 Å². The summed E-state index contributed by atoms with van der Waals surface area (Å²) in [5, 5.41) is 49.4. The molecule has 0 bridgehead atoms. The maximum absolute atomic E-state index is 14.2. The number of aromatic hydroxyl groups is 1. The van der Waals surface area contributed by atoms with E-state index >= 15 is 0 Å². The van der Waals surface area contributed by atoms with Crippen molar-refractivity contribution in [1.29, 1.82) is 0 Å². The van der Waals surface area contributed by atoms with E-state index in [0.29, 0.717) is 23.5 Å². The third-order valence-electron chi connectivity index (χ3n) is 9.48. The molecule has 1 saturated carbocycles. The van der Waals surface area contributed by atoms with Crippen LogP contribution in [0.25, 0.3) is 5.76 Å². The number of likely N-dealkylation sites (N-methyl/N-ethyl adjacent to an activating group) is 1. The van der Waals surface area contributed by atoms with E-state index in [4.69, 9.17) is 5.73 Å². The normalized spacial score (nSPS) is 24.8. The molecule has 240 valence electrons. The van der Waals surface area contributed by atoms with Crippen molar-refractivity contribution in [3.05, 3.63) is 69.5 Å². The first-order valence-corrected chi connectivity index (χ1v) is 14.9. The van der Waals surface area contributed by atoms with Crippen LogP contribution >= 0.6 is 0 Å². The number of Topliss-reactive ketones (excluding diaryl/α,β-unsaturated/α-hetero) is 2. The predicted molar refractivity (Wildman–Crippen MR) is 171 cm³/mol. The average Bonchev–Trinajstić information content (AvgIpc) is 2.93. The number of nitrogens with one attached hydrogen (secondary N) is 1. The second-order valence-electron chi connectivity index (χ2n) is 13.8. The number of hydrogen-bond donors (Lipinski definition) is 6. The van der Waals surface area contributed by atoms with E-state index in [0.717, 1.165) is 5.56 Å². The van der Waals surface area contributed by atoms with Crippen LogP contribution in [0.5, 0.6) is 5.75 Å². The first-order chi connectivity index (χ1) is 20.9. The first-order valence-electron chi connectivity index (χ1n) is 14.9. The Labute approximate surface area is 262 Å². The highest BCUT2D eigenvalue weighted by Gasteiger charge is 2.64. The Morgan fingerprint density at radius 1 is 1.07 bits per heavy atom. The SMILES string of the molecule is CN(C)c1cc(NCc2ccc(C(C)(C)C)cc2)c(O)c2c1C[C@H]1C[C@@H]3[C@H](N(C)C)C(=O)C(C(N)=O)=C(O)[C@@]3(O)C(=O)C1=C2O. The number of ketones is 2. The summed E-state index contributed by atoms with van der Waals surface area (Å²) >= 11 is 0. The highest BCUT2D eigenvalue weighted by atomic mass is 16.3. The maximum Gasteiger partial charge on any atom is 0.255 e. The van der Waals surface area contributed by atoms with E-state index in [1.165, 1.54) is 10.5 Å². The number of phenols is 1. The monoisotopic (exact) mass is 618 g/mol. The van der Waals surface area contributed by atoms with Crippen molar-refractivity contribution in [3.8, 4) is 5.75 Å². The van der Waals surface area contributed by atoms with Gasteiger partial charge in [0.25, 0.3) is 5.91 Å². The summed E-state index contributed by atoms with van der Waals surface area (Å²) in [4.78, 5) is 43.0. The lowest BCUT2D eigenvalue weighted by Gasteiger charge is -2.50. The number of hydrogen-bond acceptors (Lipinski definition) is 10. The first kappa shape index (κ1) is 32.1. The predicted octanol–water partition coefficient (Wildman–Crippen LogP) is 2.94. The van der Waals surface area contributed by atoms with E-state index in [9.17, 15) is 34.8 Å². The number of carbonyl (C=O) groups excluding carboxylic acids is 3. The van der Waals surface area contributed by atoms with Crippen LogP contribution in [0.4, 0.5) is 11.4 Å². The molecule has 0 radical (unpaired) electrons. The zero-order chi connectivity index (χ0) is 33.3. The minimum absolute atomic E-state index is 0.00443. The summed E-state index contributed by atoms with van der Waals surface area (Å²) in [6.45, 7) is 6.78. The zero-order valence-electron chi connectivity index (χ0n) is 26.7. The third-order valence-corrected chi connectivity index (χ3v) is 9.48. The summed E-state index contributed by atoms with van der Waals surface area (Å²) in [5.41, 5.74) is 5.56. The molecule has 2 aromatic rings. The van der Waals surface area contributed by atoms with E-state index in [1.54, 1.807) is 20.2 Å². The Kier molecular flexibility index (Phi) is 7.78. The minimum Gasteiger partial charge on any atom is -0.508 e. The standard InChI is InChI=1S/C34H42N4O7/c1-33(2,3)18-10-8-16(9-11-18)15-36-21-14-22(37(4)5)19-12-17-13-20-26(38(6)7)29(41)25(32(35)44)31(43)34(20,45)30(42)23(17)28(40)24(19)27(21)39/h8-11,14,17,20,26,36,39-40,43,45H,12-13,15H2,1-7H3,(H2,35,44)/t17-,20+,26-,34-/m0/s1. The number of fused-ring (bicyclic) bond motifs is 3. The van der Waals surface area contributed by atoms with Crippen LogP contribution in [-0.4, -0.2) is 82.6 Å². The van der Waals surface area contributed by atoms with Crippen molar-refractivity contribution in [2.24, 2.45) is 17.6 Å². The fourth-order valence-electron chi connectivity index (χ4n) is 7.15. The zero-order valence-corrected chi connectivity index (χ0v) is 26.7. The number of primary amides is 1. The van der Waals surface area contributed by atoms with Crippen molar-refractivity contribution >= 4 is 34.6 Å². The van der Waals surface area contributed by atoms with Crippen molar-refractivity contribution in [2.75, 3.05) is 38.4 Å². The second-order valence-corrected chi connectivity index (χ2v) is 13.8. The van der Waals surface area contributed by atoms with E-state index < -0.39 is 58.0 Å². The van der Waals surface area contributed by atoms with Gasteiger partial charge in [0.1, 0.15) is 22.8 Å². The summed E-state index contributed by atoms with van der Waals surface area (Å²) < 4.78 is 0. The van der Waals surface area contributed by atoms with Crippen LogP contribution in [-0.2, 0) is 32.8 Å². The Morgan fingerprint density at radius 3 is 2.22 bits per heavy atom. The Morgan fingerprint density at radius 2 is 1.69 bits per heavy atom. The molecule has 1 fully saturated rings. The Hall–Kier alpha value is -4.35. The smallest absolute Gasteiger partial charge is 0.255 e. The lowest BCUT2D eigenvalue weighted by atomic mass is 9.57. The molecule has 11 nitrogen and oxygen atoms in total. The molecular formula is C34H42N4O7. The van der Waals surface area contributed by atoms with Crippen molar-refractivity contribution in [2.45, 2.75) is 57.2 Å². The topological polar surface area (TPSA) is 177 Å². The van der Waals surface area contributed by atoms with Crippen LogP contribution in [0.15, 0.2) is 47.2 Å². The van der Waals surface area contributed by atoms with Gasteiger partial charge in [-0.25, -0.2) is 0 Å². The third kappa shape index (κ3) is 4.94. The number of benzene rings is 2. The van der Waals surface area contributed by atoms with Crippen molar-refractivity contribution in [1.82, 2.24) is 4.90 Å². The maximum atomic E-state index is 14.2. The van der Waals surface area contributed by atoms with Gasteiger partial charge in [-0.3, -0.25) is 19.3 Å². The quantitative estimate of drug-likeness (QED) is 0.208. The number of anilines is 2.